The summed E-state index contributed by atoms with van der Waals surface area (Å²) in [6.45, 7) is 3.24. The number of fused-ring (bicyclic) bond motifs is 2. The second-order valence-corrected chi connectivity index (χ2v) is 10.7. The zero-order valence-corrected chi connectivity index (χ0v) is 18.1. The lowest BCUT2D eigenvalue weighted by Crippen LogP contribution is -2.48. The molecule has 1 saturated heterocycles. The number of nitrogens with one attached hydrogen (secondary N) is 1. The third kappa shape index (κ3) is 3.65. The highest BCUT2D eigenvalue weighted by Gasteiger charge is 2.29. The minimum Gasteiger partial charge on any atom is -0.326 e. The number of anilines is 1. The number of amides is 1. The van der Waals surface area contributed by atoms with Crippen molar-refractivity contribution >= 4 is 43.0 Å². The number of nitrogens with zero attached hydrogens (tertiary/aromatic N) is 2. The van der Waals surface area contributed by atoms with Crippen LogP contribution in [0.4, 0.5) is 5.69 Å². The Bertz CT molecular complexity index is 1210. The first-order valence-electron chi connectivity index (χ1n) is 10.1. The summed E-state index contributed by atoms with van der Waals surface area (Å²) in [6, 6.07) is 13.4. The monoisotopic (exact) mass is 441 g/mol. The van der Waals surface area contributed by atoms with Gasteiger partial charge in [-0.25, -0.2) is 8.42 Å². The number of sulfonamides is 1. The van der Waals surface area contributed by atoms with Gasteiger partial charge < -0.3 is 5.32 Å². The van der Waals surface area contributed by atoms with Crippen LogP contribution in [-0.4, -0.2) is 49.7 Å². The molecule has 0 aliphatic carbocycles. The van der Waals surface area contributed by atoms with Crippen molar-refractivity contribution in [2.45, 2.75) is 24.3 Å². The molecular weight excluding hydrogens is 418 g/mol. The van der Waals surface area contributed by atoms with E-state index in [-0.39, 0.29) is 5.91 Å². The topological polar surface area (TPSA) is 69.7 Å². The molecule has 156 valence electrons. The van der Waals surface area contributed by atoms with Gasteiger partial charge in [-0.3, -0.25) is 9.69 Å². The standard InChI is InChI=1S/C22H23N3O3S2/c26-22-8-5-16-13-18(6-7-20(16)23-22)30(27,28)25-11-9-24(10-12-25)14-17-15-29-21-4-2-1-3-19(17)21/h1-4,6-7,13,15H,5,8-12,14H2,(H,23,26). The fourth-order valence-electron chi connectivity index (χ4n) is 4.19. The van der Waals surface area contributed by atoms with Crippen LogP contribution in [0, 0.1) is 0 Å². The summed E-state index contributed by atoms with van der Waals surface area (Å²) in [5, 5.41) is 6.30. The Morgan fingerprint density at radius 1 is 1.00 bits per heavy atom. The van der Waals surface area contributed by atoms with Gasteiger partial charge in [-0.1, -0.05) is 18.2 Å². The quantitative estimate of drug-likeness (QED) is 0.675. The van der Waals surface area contributed by atoms with Crippen molar-refractivity contribution in [1.82, 2.24) is 9.21 Å². The fraction of sp³-hybridized carbons (Fsp3) is 0.318. The lowest BCUT2D eigenvalue weighted by molar-refractivity contribution is -0.116. The summed E-state index contributed by atoms with van der Waals surface area (Å²) < 4.78 is 29.2. The highest BCUT2D eigenvalue weighted by molar-refractivity contribution is 7.89. The highest BCUT2D eigenvalue weighted by Crippen LogP contribution is 2.29. The first-order chi connectivity index (χ1) is 14.5. The predicted molar refractivity (Wildman–Crippen MR) is 119 cm³/mol. The first-order valence-corrected chi connectivity index (χ1v) is 12.4. The molecule has 2 aliphatic rings. The largest absolute Gasteiger partial charge is 0.326 e. The van der Waals surface area contributed by atoms with Crippen LogP contribution in [0.2, 0.25) is 0 Å². The summed E-state index contributed by atoms with van der Waals surface area (Å²) in [4.78, 5) is 14.2. The average molecular weight is 442 g/mol. The number of carbonyl (C=O) groups is 1. The SMILES string of the molecule is O=C1CCc2cc(S(=O)(=O)N3CCN(Cc4csc5ccccc45)CC3)ccc2N1. The Labute approximate surface area is 180 Å². The van der Waals surface area contributed by atoms with Crippen molar-refractivity contribution in [2.75, 3.05) is 31.5 Å². The van der Waals surface area contributed by atoms with Crippen molar-refractivity contribution in [3.63, 3.8) is 0 Å². The van der Waals surface area contributed by atoms with E-state index < -0.39 is 10.0 Å². The normalized spacial score (nSPS) is 18.3. The number of hydrogen-bond acceptors (Lipinski definition) is 5. The molecule has 1 amide bonds. The number of thiophene rings is 1. The molecule has 2 aromatic carbocycles. The molecule has 0 atom stereocenters. The molecule has 0 spiro atoms. The molecule has 2 aliphatic heterocycles. The molecule has 0 bridgehead atoms. The van der Waals surface area contributed by atoms with E-state index >= 15 is 0 Å². The Morgan fingerprint density at radius 2 is 1.80 bits per heavy atom. The molecule has 6 nitrogen and oxygen atoms in total. The molecule has 1 aromatic heterocycles. The average Bonchev–Trinajstić information content (AvgIpc) is 3.16. The van der Waals surface area contributed by atoms with Gasteiger partial charge in [-0.2, -0.15) is 4.31 Å². The third-order valence-electron chi connectivity index (χ3n) is 5.90. The van der Waals surface area contributed by atoms with Gasteiger partial charge in [-0.05, 0) is 52.6 Å². The summed E-state index contributed by atoms with van der Waals surface area (Å²) in [6.07, 6.45) is 0.972. The van der Waals surface area contributed by atoms with E-state index in [2.05, 4.69) is 39.9 Å². The van der Waals surface area contributed by atoms with Gasteiger partial charge in [0.1, 0.15) is 0 Å². The number of hydrogen-bond donors (Lipinski definition) is 1. The zero-order valence-electron chi connectivity index (χ0n) is 16.5. The van der Waals surface area contributed by atoms with Crippen LogP contribution in [0.5, 0.6) is 0 Å². The second kappa shape index (κ2) is 7.77. The van der Waals surface area contributed by atoms with Gasteiger partial charge in [0, 0.05) is 49.5 Å². The summed E-state index contributed by atoms with van der Waals surface area (Å²) in [5.41, 5.74) is 2.92. The summed E-state index contributed by atoms with van der Waals surface area (Å²) in [5.74, 6) is -0.0207. The maximum absolute atomic E-state index is 13.2. The van der Waals surface area contributed by atoms with Gasteiger partial charge in [0.2, 0.25) is 15.9 Å². The molecular formula is C22H23N3O3S2. The minimum atomic E-state index is -3.53. The van der Waals surface area contributed by atoms with Crippen LogP contribution in [0.1, 0.15) is 17.5 Å². The Hall–Kier alpha value is -2.26. The van der Waals surface area contributed by atoms with E-state index in [9.17, 15) is 13.2 Å². The zero-order chi connectivity index (χ0) is 20.7. The van der Waals surface area contributed by atoms with Gasteiger partial charge >= 0.3 is 0 Å². The Kier molecular flexibility index (Phi) is 5.10. The van der Waals surface area contributed by atoms with E-state index in [1.54, 1.807) is 33.8 Å². The minimum absolute atomic E-state index is 0.0207. The number of rotatable bonds is 4. The summed E-state index contributed by atoms with van der Waals surface area (Å²) in [7, 11) is -3.53. The van der Waals surface area contributed by atoms with Gasteiger partial charge in [0.25, 0.3) is 0 Å². The molecule has 0 saturated carbocycles. The van der Waals surface area contributed by atoms with E-state index in [0.29, 0.717) is 43.9 Å². The second-order valence-electron chi connectivity index (χ2n) is 7.80. The lowest BCUT2D eigenvalue weighted by atomic mass is 10.0. The van der Waals surface area contributed by atoms with Crippen molar-refractivity contribution in [1.29, 1.82) is 0 Å². The number of carbonyl (C=O) groups excluding carboxylic acids is 1. The van der Waals surface area contributed by atoms with Crippen LogP contribution >= 0.6 is 11.3 Å². The molecule has 1 N–H and O–H groups in total. The Morgan fingerprint density at radius 3 is 2.63 bits per heavy atom. The van der Waals surface area contributed by atoms with E-state index in [1.165, 1.54) is 15.6 Å². The van der Waals surface area contributed by atoms with E-state index in [1.807, 2.05) is 0 Å². The van der Waals surface area contributed by atoms with Crippen LogP contribution < -0.4 is 5.32 Å². The smallest absolute Gasteiger partial charge is 0.243 e. The molecule has 3 aromatic rings. The van der Waals surface area contributed by atoms with Crippen molar-refractivity contribution in [2.24, 2.45) is 0 Å². The van der Waals surface area contributed by atoms with Gasteiger partial charge in [-0.15, -0.1) is 11.3 Å². The van der Waals surface area contributed by atoms with Crippen LogP contribution in [-0.2, 0) is 27.8 Å². The molecule has 1 fully saturated rings. The molecule has 0 radical (unpaired) electrons. The Balaban J connectivity index is 1.27. The number of piperazine rings is 1. The van der Waals surface area contributed by atoms with Crippen molar-refractivity contribution in [3.05, 3.63) is 59.0 Å². The summed E-state index contributed by atoms with van der Waals surface area (Å²) >= 11 is 1.76. The maximum Gasteiger partial charge on any atom is 0.243 e. The lowest BCUT2D eigenvalue weighted by Gasteiger charge is -2.34. The third-order valence-corrected chi connectivity index (χ3v) is 8.80. The first kappa shape index (κ1) is 19.7. The highest BCUT2D eigenvalue weighted by atomic mass is 32.2. The number of aryl methyl sites for hydroxylation is 1. The van der Waals surface area contributed by atoms with Gasteiger partial charge in [0.15, 0.2) is 0 Å². The van der Waals surface area contributed by atoms with E-state index in [4.69, 9.17) is 0 Å². The van der Waals surface area contributed by atoms with Crippen molar-refractivity contribution < 1.29 is 13.2 Å². The fourth-order valence-corrected chi connectivity index (χ4v) is 6.62. The molecule has 8 heteroatoms. The molecule has 30 heavy (non-hydrogen) atoms. The van der Waals surface area contributed by atoms with Crippen LogP contribution in [0.15, 0.2) is 52.7 Å². The van der Waals surface area contributed by atoms with Crippen molar-refractivity contribution in [3.8, 4) is 0 Å². The molecule has 3 heterocycles. The van der Waals surface area contributed by atoms with E-state index in [0.717, 1.165) is 17.8 Å². The molecule has 5 rings (SSSR count). The van der Waals surface area contributed by atoms with Crippen LogP contribution in [0.25, 0.3) is 10.1 Å². The molecule has 0 unspecified atom stereocenters. The van der Waals surface area contributed by atoms with Crippen LogP contribution in [0.3, 0.4) is 0 Å². The predicted octanol–water partition coefficient (Wildman–Crippen LogP) is 3.29. The number of benzene rings is 2. The van der Waals surface area contributed by atoms with Gasteiger partial charge in [0.05, 0.1) is 4.90 Å². The maximum atomic E-state index is 13.2.